The van der Waals surface area contributed by atoms with Crippen LogP contribution in [-0.4, -0.2) is 47.3 Å². The van der Waals surface area contributed by atoms with E-state index in [2.05, 4.69) is 0 Å². The van der Waals surface area contributed by atoms with Gasteiger partial charge in [0.15, 0.2) is 0 Å². The smallest absolute Gasteiger partial charge is 0.247 e. The van der Waals surface area contributed by atoms with Gasteiger partial charge in [0.2, 0.25) is 11.8 Å². The molecule has 1 aliphatic rings. The quantitative estimate of drug-likeness (QED) is 0.893. The summed E-state index contributed by atoms with van der Waals surface area (Å²) in [5.41, 5.74) is 6.84. The minimum atomic E-state index is -0.790. The van der Waals surface area contributed by atoms with Crippen molar-refractivity contribution in [2.45, 2.75) is 32.4 Å². The van der Waals surface area contributed by atoms with Crippen LogP contribution in [0, 0.1) is 0 Å². The molecule has 0 saturated carbocycles. The van der Waals surface area contributed by atoms with E-state index in [-0.39, 0.29) is 18.2 Å². The van der Waals surface area contributed by atoms with Crippen molar-refractivity contribution < 1.29 is 9.59 Å². The van der Waals surface area contributed by atoms with Crippen LogP contribution in [-0.2, 0) is 22.6 Å². The van der Waals surface area contributed by atoms with E-state index < -0.39 is 5.54 Å². The standard InChI is InChI=1S/C16H23N3O2/c1-16(2)15(21)18(3)8-9-19(16)14(20)10-12-6-4-5-7-13(12)11-17/h4-7H,8-11,17H2,1-3H3. The Labute approximate surface area is 125 Å². The van der Waals surface area contributed by atoms with Crippen LogP contribution in [0.15, 0.2) is 24.3 Å². The van der Waals surface area contributed by atoms with Crippen molar-refractivity contribution in [2.24, 2.45) is 5.73 Å². The molecule has 0 spiro atoms. The van der Waals surface area contributed by atoms with Crippen LogP contribution < -0.4 is 5.73 Å². The van der Waals surface area contributed by atoms with E-state index in [1.165, 1.54) is 0 Å². The minimum absolute atomic E-state index is 0.0192. The molecule has 1 heterocycles. The molecule has 5 nitrogen and oxygen atoms in total. The molecule has 0 bridgehead atoms. The number of likely N-dealkylation sites (N-methyl/N-ethyl adjacent to an activating group) is 1. The lowest BCUT2D eigenvalue weighted by molar-refractivity contribution is -0.156. The summed E-state index contributed by atoms with van der Waals surface area (Å²) in [6.07, 6.45) is 0.286. The molecule has 0 radical (unpaired) electrons. The van der Waals surface area contributed by atoms with E-state index >= 15 is 0 Å². The largest absolute Gasteiger partial charge is 0.342 e. The van der Waals surface area contributed by atoms with Crippen molar-refractivity contribution in [2.75, 3.05) is 20.1 Å². The van der Waals surface area contributed by atoms with Gasteiger partial charge in [-0.15, -0.1) is 0 Å². The van der Waals surface area contributed by atoms with Crippen molar-refractivity contribution in [1.29, 1.82) is 0 Å². The highest BCUT2D eigenvalue weighted by Crippen LogP contribution is 2.23. The molecule has 1 aromatic rings. The van der Waals surface area contributed by atoms with Gasteiger partial charge in [-0.25, -0.2) is 0 Å². The average molecular weight is 289 g/mol. The van der Waals surface area contributed by atoms with Crippen LogP contribution in [0.5, 0.6) is 0 Å². The lowest BCUT2D eigenvalue weighted by Crippen LogP contribution is -2.63. The van der Waals surface area contributed by atoms with Gasteiger partial charge in [0.05, 0.1) is 6.42 Å². The Morgan fingerprint density at radius 3 is 2.48 bits per heavy atom. The van der Waals surface area contributed by atoms with Gasteiger partial charge in [-0.3, -0.25) is 9.59 Å². The number of carbonyl (C=O) groups excluding carboxylic acids is 2. The van der Waals surface area contributed by atoms with Crippen molar-refractivity contribution >= 4 is 11.8 Å². The second-order valence-electron chi connectivity index (χ2n) is 5.98. The van der Waals surface area contributed by atoms with E-state index in [1.54, 1.807) is 30.7 Å². The number of hydrogen-bond donors (Lipinski definition) is 1. The van der Waals surface area contributed by atoms with E-state index in [4.69, 9.17) is 5.73 Å². The van der Waals surface area contributed by atoms with E-state index in [0.29, 0.717) is 19.6 Å². The van der Waals surface area contributed by atoms with Gasteiger partial charge in [-0.2, -0.15) is 0 Å². The molecule has 2 rings (SSSR count). The number of nitrogens with two attached hydrogens (primary N) is 1. The van der Waals surface area contributed by atoms with Gasteiger partial charge in [-0.1, -0.05) is 24.3 Å². The molecular weight excluding hydrogens is 266 g/mol. The molecule has 1 fully saturated rings. The highest BCUT2D eigenvalue weighted by Gasteiger charge is 2.42. The van der Waals surface area contributed by atoms with Gasteiger partial charge in [-0.05, 0) is 25.0 Å². The van der Waals surface area contributed by atoms with Gasteiger partial charge in [0.1, 0.15) is 5.54 Å². The third kappa shape index (κ3) is 2.93. The predicted octanol–water partition coefficient (Wildman–Crippen LogP) is 0.767. The van der Waals surface area contributed by atoms with Crippen LogP contribution in [0.1, 0.15) is 25.0 Å². The third-order valence-electron chi connectivity index (χ3n) is 4.18. The zero-order valence-corrected chi connectivity index (χ0v) is 12.9. The second kappa shape index (κ2) is 5.85. The molecule has 114 valence electrons. The summed E-state index contributed by atoms with van der Waals surface area (Å²) in [7, 11) is 1.77. The van der Waals surface area contributed by atoms with Crippen molar-refractivity contribution in [3.05, 3.63) is 35.4 Å². The fourth-order valence-electron chi connectivity index (χ4n) is 2.84. The lowest BCUT2D eigenvalue weighted by atomic mass is 9.96. The Morgan fingerprint density at radius 2 is 1.86 bits per heavy atom. The van der Waals surface area contributed by atoms with Crippen LogP contribution in [0.25, 0.3) is 0 Å². The first-order valence-corrected chi connectivity index (χ1v) is 7.20. The van der Waals surface area contributed by atoms with Crippen molar-refractivity contribution in [3.63, 3.8) is 0 Å². The summed E-state index contributed by atoms with van der Waals surface area (Å²) < 4.78 is 0. The second-order valence-corrected chi connectivity index (χ2v) is 5.98. The molecule has 0 unspecified atom stereocenters. The fourth-order valence-corrected chi connectivity index (χ4v) is 2.84. The molecule has 1 saturated heterocycles. The number of nitrogens with zero attached hydrogens (tertiary/aromatic N) is 2. The predicted molar refractivity (Wildman–Crippen MR) is 81.5 cm³/mol. The first-order valence-electron chi connectivity index (χ1n) is 7.20. The molecule has 0 atom stereocenters. The van der Waals surface area contributed by atoms with E-state index in [9.17, 15) is 9.59 Å². The van der Waals surface area contributed by atoms with E-state index in [0.717, 1.165) is 11.1 Å². The number of carbonyl (C=O) groups is 2. The maximum absolute atomic E-state index is 12.6. The molecule has 5 heteroatoms. The Morgan fingerprint density at radius 1 is 1.24 bits per heavy atom. The summed E-state index contributed by atoms with van der Waals surface area (Å²) in [6.45, 7) is 5.16. The molecular formula is C16H23N3O2. The van der Waals surface area contributed by atoms with Crippen LogP contribution in [0.3, 0.4) is 0 Å². The Kier molecular flexibility index (Phi) is 4.32. The Balaban J connectivity index is 2.18. The topological polar surface area (TPSA) is 66.6 Å². The van der Waals surface area contributed by atoms with Crippen LogP contribution >= 0.6 is 0 Å². The Hall–Kier alpha value is -1.88. The zero-order valence-electron chi connectivity index (χ0n) is 12.9. The maximum Gasteiger partial charge on any atom is 0.247 e. The molecule has 0 aliphatic carbocycles. The molecule has 21 heavy (non-hydrogen) atoms. The van der Waals surface area contributed by atoms with Crippen molar-refractivity contribution in [1.82, 2.24) is 9.80 Å². The summed E-state index contributed by atoms with van der Waals surface area (Å²) >= 11 is 0. The summed E-state index contributed by atoms with van der Waals surface area (Å²) in [6, 6.07) is 7.68. The van der Waals surface area contributed by atoms with Gasteiger partial charge < -0.3 is 15.5 Å². The first-order chi connectivity index (χ1) is 9.87. The average Bonchev–Trinajstić information content (AvgIpc) is 2.45. The number of rotatable bonds is 3. The first kappa shape index (κ1) is 15.5. The Bertz CT molecular complexity index is 554. The highest BCUT2D eigenvalue weighted by molar-refractivity contribution is 5.92. The molecule has 0 aromatic heterocycles. The maximum atomic E-state index is 12.6. The summed E-state index contributed by atoms with van der Waals surface area (Å²) in [5, 5.41) is 0. The monoisotopic (exact) mass is 289 g/mol. The lowest BCUT2D eigenvalue weighted by Gasteiger charge is -2.44. The fraction of sp³-hybridized carbons (Fsp3) is 0.500. The van der Waals surface area contributed by atoms with Gasteiger partial charge in [0.25, 0.3) is 0 Å². The number of amides is 2. The SMILES string of the molecule is CN1CCN(C(=O)Cc2ccccc2CN)C(C)(C)C1=O. The van der Waals surface area contributed by atoms with Crippen molar-refractivity contribution in [3.8, 4) is 0 Å². The van der Waals surface area contributed by atoms with E-state index in [1.807, 2.05) is 24.3 Å². The zero-order chi connectivity index (χ0) is 15.6. The summed E-state index contributed by atoms with van der Waals surface area (Å²) in [5.74, 6) is -0.0449. The molecule has 2 N–H and O–H groups in total. The van der Waals surface area contributed by atoms with Crippen LogP contribution in [0.2, 0.25) is 0 Å². The molecule has 2 amide bonds. The van der Waals surface area contributed by atoms with Crippen LogP contribution in [0.4, 0.5) is 0 Å². The van der Waals surface area contributed by atoms with Gasteiger partial charge >= 0.3 is 0 Å². The van der Waals surface area contributed by atoms with Gasteiger partial charge in [0, 0.05) is 26.7 Å². The third-order valence-corrected chi connectivity index (χ3v) is 4.18. The number of piperazine rings is 1. The number of hydrogen-bond acceptors (Lipinski definition) is 3. The highest BCUT2D eigenvalue weighted by atomic mass is 16.2. The normalized spacial score (nSPS) is 18.0. The minimum Gasteiger partial charge on any atom is -0.342 e. The summed E-state index contributed by atoms with van der Waals surface area (Å²) in [4.78, 5) is 28.2. The molecule has 1 aliphatic heterocycles. The number of benzene rings is 1. The molecule has 1 aromatic carbocycles.